The smallest absolute Gasteiger partial charge is 0.344 e. The van der Waals surface area contributed by atoms with Crippen LogP contribution in [0.3, 0.4) is 0 Å². The number of anilines is 1. The summed E-state index contributed by atoms with van der Waals surface area (Å²) in [4.78, 5) is 22.6. The van der Waals surface area contributed by atoms with Gasteiger partial charge in [-0.25, -0.2) is 14.8 Å². The number of nitrogens with zero attached hydrogens (tertiary/aromatic N) is 3. The van der Waals surface area contributed by atoms with E-state index in [1.165, 1.54) is 0 Å². The lowest BCUT2D eigenvalue weighted by molar-refractivity contribution is 0.0476. The number of para-hydroxylation sites is 2. The highest BCUT2D eigenvalue weighted by Crippen LogP contribution is 2.30. The molecule has 2 aromatic heterocycles. The number of benzene rings is 3. The van der Waals surface area contributed by atoms with Gasteiger partial charge in [0, 0.05) is 5.02 Å². The number of carbonyl (C=O) groups excluding carboxylic acids is 1. The molecule has 0 fully saturated rings. The predicted molar refractivity (Wildman–Crippen MR) is 126 cm³/mol. The zero-order valence-corrected chi connectivity index (χ0v) is 17.8. The van der Waals surface area contributed by atoms with Crippen LogP contribution in [0.5, 0.6) is 0 Å². The molecule has 158 valence electrons. The third-order valence-electron chi connectivity index (χ3n) is 5.29. The minimum atomic E-state index is -0.543. The van der Waals surface area contributed by atoms with Gasteiger partial charge in [-0.2, -0.15) is 0 Å². The molecule has 7 heteroatoms. The van der Waals surface area contributed by atoms with Crippen LogP contribution in [0, 0.1) is 0 Å². The first-order valence-corrected chi connectivity index (χ1v) is 10.5. The Labute approximate surface area is 189 Å². The number of rotatable bonds is 5. The van der Waals surface area contributed by atoms with Crippen LogP contribution in [-0.2, 0) is 17.9 Å². The number of nitrogen functional groups attached to an aromatic ring is 1. The number of hydrogen-bond acceptors (Lipinski definition) is 5. The number of nitrogens with two attached hydrogens (primary N) is 1. The van der Waals surface area contributed by atoms with Gasteiger partial charge in [0.15, 0.2) is 5.65 Å². The molecule has 0 unspecified atom stereocenters. The van der Waals surface area contributed by atoms with Gasteiger partial charge in [-0.15, -0.1) is 0 Å². The number of aromatic nitrogens is 3. The van der Waals surface area contributed by atoms with Gasteiger partial charge in [0.1, 0.15) is 23.5 Å². The Bertz CT molecular complexity index is 1450. The largest absolute Gasteiger partial charge is 0.457 e. The fraction of sp³-hybridized carbons (Fsp3) is 0.0800. The van der Waals surface area contributed by atoms with E-state index in [2.05, 4.69) is 0 Å². The summed E-state index contributed by atoms with van der Waals surface area (Å²) in [6, 6.07) is 24.5. The maximum Gasteiger partial charge on any atom is 0.344 e. The highest BCUT2D eigenvalue weighted by atomic mass is 35.5. The third kappa shape index (κ3) is 3.65. The van der Waals surface area contributed by atoms with E-state index in [1.807, 2.05) is 78.9 Å². The summed E-state index contributed by atoms with van der Waals surface area (Å²) in [6.45, 7) is 0.484. The molecule has 2 heterocycles. The lowest BCUT2D eigenvalue weighted by Gasteiger charge is -2.09. The SMILES string of the molecule is Nc1c(C(=O)OCc2ccccc2)c2nc3ccccc3nc2n1Cc1ccccc1Cl. The van der Waals surface area contributed by atoms with Crippen molar-refractivity contribution in [1.29, 1.82) is 0 Å². The molecule has 2 N–H and O–H groups in total. The Balaban J connectivity index is 1.62. The van der Waals surface area contributed by atoms with E-state index in [-0.39, 0.29) is 18.0 Å². The van der Waals surface area contributed by atoms with Crippen LogP contribution in [0.15, 0.2) is 78.9 Å². The van der Waals surface area contributed by atoms with Crippen LogP contribution in [-0.4, -0.2) is 20.5 Å². The summed E-state index contributed by atoms with van der Waals surface area (Å²) in [5.41, 5.74) is 10.7. The molecular weight excluding hydrogens is 424 g/mol. The van der Waals surface area contributed by atoms with E-state index in [0.29, 0.717) is 33.8 Å². The van der Waals surface area contributed by atoms with Crippen molar-refractivity contribution in [1.82, 2.24) is 14.5 Å². The summed E-state index contributed by atoms with van der Waals surface area (Å²) in [5, 5.41) is 0.607. The number of hydrogen-bond donors (Lipinski definition) is 1. The summed E-state index contributed by atoms with van der Waals surface area (Å²) in [7, 11) is 0. The number of fused-ring (bicyclic) bond motifs is 2. The maximum absolute atomic E-state index is 13.1. The maximum atomic E-state index is 13.1. The Morgan fingerprint density at radius 2 is 1.56 bits per heavy atom. The minimum Gasteiger partial charge on any atom is -0.457 e. The average molecular weight is 443 g/mol. The first-order chi connectivity index (χ1) is 15.6. The van der Waals surface area contributed by atoms with Gasteiger partial charge in [0.05, 0.1) is 17.6 Å². The fourth-order valence-corrected chi connectivity index (χ4v) is 3.87. The molecule has 5 aromatic rings. The average Bonchev–Trinajstić information content (AvgIpc) is 3.08. The Kier molecular flexibility index (Phi) is 5.21. The van der Waals surface area contributed by atoms with Crippen molar-refractivity contribution in [3.05, 3.63) is 101 Å². The Morgan fingerprint density at radius 3 is 2.31 bits per heavy atom. The zero-order chi connectivity index (χ0) is 22.1. The Morgan fingerprint density at radius 1 is 0.906 bits per heavy atom. The number of ether oxygens (including phenoxy) is 1. The highest BCUT2D eigenvalue weighted by Gasteiger charge is 2.25. The molecule has 0 radical (unpaired) electrons. The van der Waals surface area contributed by atoms with Crippen molar-refractivity contribution in [2.24, 2.45) is 0 Å². The van der Waals surface area contributed by atoms with Gasteiger partial charge in [-0.3, -0.25) is 0 Å². The zero-order valence-electron chi connectivity index (χ0n) is 17.0. The van der Waals surface area contributed by atoms with Crippen molar-refractivity contribution < 1.29 is 9.53 Å². The molecule has 0 saturated carbocycles. The molecule has 0 atom stereocenters. The van der Waals surface area contributed by atoms with Gasteiger partial charge in [-0.1, -0.05) is 72.3 Å². The molecule has 0 amide bonds. The second kappa shape index (κ2) is 8.32. The summed E-state index contributed by atoms with van der Waals surface area (Å²) in [5.74, 6) is -0.299. The highest BCUT2D eigenvalue weighted by molar-refractivity contribution is 6.31. The molecule has 0 saturated heterocycles. The predicted octanol–water partition coefficient (Wildman–Crippen LogP) is 5.23. The molecule has 6 nitrogen and oxygen atoms in total. The topological polar surface area (TPSA) is 83.0 Å². The minimum absolute atomic E-state index is 0.136. The normalized spacial score (nSPS) is 11.2. The fourth-order valence-electron chi connectivity index (χ4n) is 3.67. The van der Waals surface area contributed by atoms with E-state index in [1.54, 1.807) is 4.57 Å². The van der Waals surface area contributed by atoms with E-state index < -0.39 is 5.97 Å². The molecule has 3 aromatic carbocycles. The lowest BCUT2D eigenvalue weighted by Crippen LogP contribution is -2.10. The van der Waals surface area contributed by atoms with Crippen LogP contribution in [0.25, 0.3) is 22.2 Å². The molecule has 0 aliphatic carbocycles. The number of carbonyl (C=O) groups is 1. The molecule has 0 aliphatic heterocycles. The summed E-state index contributed by atoms with van der Waals surface area (Å²) < 4.78 is 7.34. The van der Waals surface area contributed by atoms with E-state index in [4.69, 9.17) is 32.0 Å². The second-order valence-electron chi connectivity index (χ2n) is 7.38. The van der Waals surface area contributed by atoms with Crippen LogP contribution in [0.4, 0.5) is 5.82 Å². The van der Waals surface area contributed by atoms with Crippen molar-refractivity contribution >= 4 is 45.6 Å². The van der Waals surface area contributed by atoms with Crippen LogP contribution >= 0.6 is 11.6 Å². The van der Waals surface area contributed by atoms with Crippen LogP contribution in [0.2, 0.25) is 5.02 Å². The van der Waals surface area contributed by atoms with Crippen molar-refractivity contribution in [2.75, 3.05) is 5.73 Å². The van der Waals surface area contributed by atoms with E-state index in [0.717, 1.165) is 11.1 Å². The monoisotopic (exact) mass is 442 g/mol. The summed E-state index contributed by atoms with van der Waals surface area (Å²) >= 11 is 6.38. The molecule has 0 spiro atoms. The summed E-state index contributed by atoms with van der Waals surface area (Å²) in [6.07, 6.45) is 0. The Hall–Kier alpha value is -3.90. The van der Waals surface area contributed by atoms with Crippen molar-refractivity contribution in [2.45, 2.75) is 13.2 Å². The van der Waals surface area contributed by atoms with E-state index >= 15 is 0 Å². The molecule has 0 aliphatic rings. The number of esters is 1. The first kappa shape index (κ1) is 20.0. The van der Waals surface area contributed by atoms with Crippen LogP contribution < -0.4 is 5.73 Å². The van der Waals surface area contributed by atoms with Crippen molar-refractivity contribution in [3.8, 4) is 0 Å². The van der Waals surface area contributed by atoms with Gasteiger partial charge in [0.25, 0.3) is 0 Å². The van der Waals surface area contributed by atoms with E-state index in [9.17, 15) is 4.79 Å². The van der Waals surface area contributed by atoms with Crippen molar-refractivity contribution in [3.63, 3.8) is 0 Å². The molecule has 0 bridgehead atoms. The van der Waals surface area contributed by atoms with Gasteiger partial charge in [-0.05, 0) is 29.3 Å². The van der Waals surface area contributed by atoms with Crippen LogP contribution in [0.1, 0.15) is 21.5 Å². The number of halogens is 1. The molecule has 5 rings (SSSR count). The lowest BCUT2D eigenvalue weighted by atomic mass is 10.2. The molecular formula is C25H19ClN4O2. The van der Waals surface area contributed by atoms with Gasteiger partial charge in [0.2, 0.25) is 0 Å². The quantitative estimate of drug-likeness (QED) is 0.377. The standard InChI is InChI=1S/C25H19ClN4O2/c26-18-11-5-4-10-17(18)14-30-23(27)21(25(31)32-15-16-8-2-1-3-9-16)22-24(30)29-20-13-7-6-12-19(20)28-22/h1-13H,14-15,27H2. The van der Waals surface area contributed by atoms with Gasteiger partial charge < -0.3 is 15.0 Å². The van der Waals surface area contributed by atoms with Gasteiger partial charge >= 0.3 is 5.97 Å². The second-order valence-corrected chi connectivity index (χ2v) is 7.79. The molecule has 32 heavy (non-hydrogen) atoms. The first-order valence-electron chi connectivity index (χ1n) is 10.1. The third-order valence-corrected chi connectivity index (χ3v) is 5.66.